The van der Waals surface area contributed by atoms with E-state index in [2.05, 4.69) is 5.10 Å². The van der Waals surface area contributed by atoms with Crippen molar-refractivity contribution in [1.82, 2.24) is 9.78 Å². The van der Waals surface area contributed by atoms with Gasteiger partial charge in [0, 0.05) is 24.2 Å². The first-order chi connectivity index (χ1) is 7.69. The second-order valence-electron chi connectivity index (χ2n) is 3.41. The van der Waals surface area contributed by atoms with Gasteiger partial charge in [0.2, 0.25) is 0 Å². The molecule has 1 aromatic heterocycles. The summed E-state index contributed by atoms with van der Waals surface area (Å²) in [6.07, 6.45) is 3.42. The second-order valence-corrected chi connectivity index (χ2v) is 3.84. The first kappa shape index (κ1) is 11.0. The van der Waals surface area contributed by atoms with Gasteiger partial charge in [0.25, 0.3) is 0 Å². The van der Waals surface area contributed by atoms with Crippen LogP contribution >= 0.6 is 11.6 Å². The third-order valence-electron chi connectivity index (χ3n) is 2.16. The van der Waals surface area contributed by atoms with E-state index < -0.39 is 0 Å². The molecule has 0 unspecified atom stereocenters. The maximum absolute atomic E-state index is 5.90. The predicted octanol–water partition coefficient (Wildman–Crippen LogP) is 2.32. The van der Waals surface area contributed by atoms with E-state index >= 15 is 0 Å². The number of halogens is 1. The van der Waals surface area contributed by atoms with E-state index in [-0.39, 0.29) is 0 Å². The van der Waals surface area contributed by atoms with E-state index in [1.807, 2.05) is 13.1 Å². The third kappa shape index (κ3) is 2.35. The lowest BCUT2D eigenvalue weighted by molar-refractivity contribution is 0.476. The number of benzene rings is 1. The zero-order chi connectivity index (χ0) is 11.5. The monoisotopic (exact) mass is 237 g/mol. The molecule has 0 atom stereocenters. The topological polar surface area (TPSA) is 53.1 Å². The van der Waals surface area contributed by atoms with Crippen molar-refractivity contribution in [2.24, 2.45) is 12.8 Å². The standard InChI is InChI=1S/C11H12ClN3O/c1-15-7-10(6-14-15)16-11-4-9(12)3-2-8(11)5-13/h2-4,6-7H,5,13H2,1H3. The SMILES string of the molecule is Cn1cc(Oc2cc(Cl)ccc2CN)cn1. The Labute approximate surface area is 98.6 Å². The predicted molar refractivity (Wildman–Crippen MR) is 62.6 cm³/mol. The molecule has 0 amide bonds. The Morgan fingerprint density at radius 3 is 2.94 bits per heavy atom. The number of ether oxygens (including phenoxy) is 1. The van der Waals surface area contributed by atoms with Crippen LogP contribution in [0.15, 0.2) is 30.6 Å². The van der Waals surface area contributed by atoms with E-state index in [0.29, 0.717) is 23.1 Å². The van der Waals surface area contributed by atoms with Gasteiger partial charge in [0.15, 0.2) is 5.75 Å². The summed E-state index contributed by atoms with van der Waals surface area (Å²) in [6.45, 7) is 0.409. The fourth-order valence-electron chi connectivity index (χ4n) is 1.37. The van der Waals surface area contributed by atoms with Crippen LogP contribution in [0.3, 0.4) is 0 Å². The van der Waals surface area contributed by atoms with Gasteiger partial charge < -0.3 is 10.5 Å². The fraction of sp³-hybridized carbons (Fsp3) is 0.182. The lowest BCUT2D eigenvalue weighted by atomic mass is 10.2. The molecule has 0 saturated heterocycles. The molecule has 4 nitrogen and oxygen atoms in total. The zero-order valence-electron chi connectivity index (χ0n) is 8.85. The Morgan fingerprint density at radius 2 is 2.31 bits per heavy atom. The van der Waals surface area contributed by atoms with Gasteiger partial charge in [-0.05, 0) is 12.1 Å². The second kappa shape index (κ2) is 4.55. The van der Waals surface area contributed by atoms with Crippen LogP contribution < -0.4 is 10.5 Å². The summed E-state index contributed by atoms with van der Waals surface area (Å²) >= 11 is 5.90. The molecule has 0 aliphatic carbocycles. The van der Waals surface area contributed by atoms with Crippen LogP contribution in [-0.4, -0.2) is 9.78 Å². The largest absolute Gasteiger partial charge is 0.454 e. The quantitative estimate of drug-likeness (QED) is 0.892. The summed E-state index contributed by atoms with van der Waals surface area (Å²) in [7, 11) is 1.83. The van der Waals surface area contributed by atoms with Crippen molar-refractivity contribution in [3.8, 4) is 11.5 Å². The molecular formula is C11H12ClN3O. The van der Waals surface area contributed by atoms with Crippen molar-refractivity contribution in [3.63, 3.8) is 0 Å². The molecule has 1 aromatic carbocycles. The van der Waals surface area contributed by atoms with Gasteiger partial charge in [-0.25, -0.2) is 0 Å². The van der Waals surface area contributed by atoms with E-state index in [4.69, 9.17) is 22.1 Å². The molecule has 0 aliphatic heterocycles. The molecular weight excluding hydrogens is 226 g/mol. The summed E-state index contributed by atoms with van der Waals surface area (Å²) in [6, 6.07) is 5.39. The van der Waals surface area contributed by atoms with Crippen molar-refractivity contribution < 1.29 is 4.74 Å². The molecule has 2 rings (SSSR count). The van der Waals surface area contributed by atoms with E-state index in [1.165, 1.54) is 0 Å². The Hall–Kier alpha value is -1.52. The van der Waals surface area contributed by atoms with Gasteiger partial charge in [0.1, 0.15) is 5.75 Å². The van der Waals surface area contributed by atoms with Crippen molar-refractivity contribution in [1.29, 1.82) is 0 Å². The number of aromatic nitrogens is 2. The average Bonchev–Trinajstić information content (AvgIpc) is 2.64. The highest BCUT2D eigenvalue weighted by molar-refractivity contribution is 6.30. The number of hydrogen-bond donors (Lipinski definition) is 1. The molecule has 0 fully saturated rings. The van der Waals surface area contributed by atoms with Gasteiger partial charge in [-0.1, -0.05) is 17.7 Å². The van der Waals surface area contributed by atoms with Gasteiger partial charge >= 0.3 is 0 Å². The number of nitrogens with zero attached hydrogens (tertiary/aromatic N) is 2. The molecule has 2 N–H and O–H groups in total. The Balaban J connectivity index is 2.29. The maximum Gasteiger partial charge on any atom is 0.165 e. The smallest absolute Gasteiger partial charge is 0.165 e. The highest BCUT2D eigenvalue weighted by atomic mass is 35.5. The highest BCUT2D eigenvalue weighted by Gasteiger charge is 2.05. The minimum atomic E-state index is 0.409. The molecule has 0 radical (unpaired) electrons. The molecule has 16 heavy (non-hydrogen) atoms. The lowest BCUT2D eigenvalue weighted by Gasteiger charge is -2.08. The van der Waals surface area contributed by atoms with Crippen LogP contribution in [0.4, 0.5) is 0 Å². The highest BCUT2D eigenvalue weighted by Crippen LogP contribution is 2.27. The van der Waals surface area contributed by atoms with E-state index in [9.17, 15) is 0 Å². The van der Waals surface area contributed by atoms with Crippen molar-refractivity contribution >= 4 is 11.6 Å². The first-order valence-corrected chi connectivity index (χ1v) is 5.22. The normalized spacial score (nSPS) is 10.4. The number of aryl methyl sites for hydroxylation is 1. The van der Waals surface area contributed by atoms with E-state index in [0.717, 1.165) is 5.56 Å². The Bertz CT molecular complexity index is 496. The van der Waals surface area contributed by atoms with Crippen LogP contribution in [0.2, 0.25) is 5.02 Å². The summed E-state index contributed by atoms with van der Waals surface area (Å²) < 4.78 is 7.32. The molecule has 0 saturated carbocycles. The number of hydrogen-bond acceptors (Lipinski definition) is 3. The molecule has 1 heterocycles. The van der Waals surface area contributed by atoms with Crippen LogP contribution in [0, 0.1) is 0 Å². The molecule has 0 aliphatic rings. The van der Waals surface area contributed by atoms with Crippen molar-refractivity contribution in [3.05, 3.63) is 41.2 Å². The zero-order valence-corrected chi connectivity index (χ0v) is 9.61. The maximum atomic E-state index is 5.90. The minimum absolute atomic E-state index is 0.409. The fourth-order valence-corrected chi connectivity index (χ4v) is 1.53. The summed E-state index contributed by atoms with van der Waals surface area (Å²) in [5.74, 6) is 1.34. The summed E-state index contributed by atoms with van der Waals surface area (Å²) in [5, 5.41) is 4.64. The summed E-state index contributed by atoms with van der Waals surface area (Å²) in [5.41, 5.74) is 6.53. The van der Waals surface area contributed by atoms with Crippen LogP contribution in [0.25, 0.3) is 0 Å². The molecule has 0 spiro atoms. The summed E-state index contributed by atoms with van der Waals surface area (Å²) in [4.78, 5) is 0. The van der Waals surface area contributed by atoms with Gasteiger partial charge in [-0.15, -0.1) is 0 Å². The Kier molecular flexibility index (Phi) is 3.12. The first-order valence-electron chi connectivity index (χ1n) is 4.84. The van der Waals surface area contributed by atoms with Crippen molar-refractivity contribution in [2.75, 3.05) is 0 Å². The third-order valence-corrected chi connectivity index (χ3v) is 2.39. The van der Waals surface area contributed by atoms with E-state index in [1.54, 1.807) is 29.2 Å². The van der Waals surface area contributed by atoms with Gasteiger partial charge in [0.05, 0.1) is 12.4 Å². The molecule has 84 valence electrons. The average molecular weight is 238 g/mol. The van der Waals surface area contributed by atoms with Crippen LogP contribution in [0.5, 0.6) is 11.5 Å². The van der Waals surface area contributed by atoms with Gasteiger partial charge in [-0.2, -0.15) is 5.10 Å². The Morgan fingerprint density at radius 1 is 1.50 bits per heavy atom. The molecule has 2 aromatic rings. The molecule has 5 heteroatoms. The number of rotatable bonds is 3. The number of nitrogens with two attached hydrogens (primary N) is 1. The minimum Gasteiger partial charge on any atom is -0.454 e. The van der Waals surface area contributed by atoms with Crippen LogP contribution in [-0.2, 0) is 13.6 Å². The van der Waals surface area contributed by atoms with Crippen LogP contribution in [0.1, 0.15) is 5.56 Å². The molecule has 0 bridgehead atoms. The van der Waals surface area contributed by atoms with Gasteiger partial charge in [-0.3, -0.25) is 4.68 Å². The van der Waals surface area contributed by atoms with Crippen molar-refractivity contribution in [2.45, 2.75) is 6.54 Å². The lowest BCUT2D eigenvalue weighted by Crippen LogP contribution is -1.99.